The molecule has 18 heavy (non-hydrogen) atoms. The summed E-state index contributed by atoms with van der Waals surface area (Å²) in [6, 6.07) is 6.31. The Morgan fingerprint density at radius 2 is 2.22 bits per heavy atom. The van der Waals surface area contributed by atoms with E-state index in [4.69, 9.17) is 5.26 Å². The molecule has 0 spiro atoms. The minimum Gasteiger partial charge on any atom is -0.385 e. The van der Waals surface area contributed by atoms with E-state index in [1.54, 1.807) is 12.3 Å². The topological polar surface area (TPSA) is 52.0 Å². The number of hydrogen-bond acceptors (Lipinski definition) is 4. The van der Waals surface area contributed by atoms with Crippen molar-refractivity contribution in [2.45, 2.75) is 32.7 Å². The third-order valence-electron chi connectivity index (χ3n) is 3.02. The zero-order chi connectivity index (χ0) is 13.4. The van der Waals surface area contributed by atoms with E-state index in [-0.39, 0.29) is 0 Å². The van der Waals surface area contributed by atoms with Crippen LogP contribution in [-0.4, -0.2) is 36.1 Å². The summed E-state index contributed by atoms with van der Waals surface area (Å²) in [5.74, 6) is 0. The Morgan fingerprint density at radius 3 is 2.89 bits per heavy atom. The van der Waals surface area contributed by atoms with Gasteiger partial charge >= 0.3 is 0 Å². The molecule has 4 heteroatoms. The Bertz CT molecular complexity index is 395. The quantitative estimate of drug-likeness (QED) is 0.751. The van der Waals surface area contributed by atoms with Gasteiger partial charge in [-0.15, -0.1) is 0 Å². The van der Waals surface area contributed by atoms with E-state index in [0.717, 1.165) is 25.2 Å². The van der Waals surface area contributed by atoms with Crippen molar-refractivity contribution in [3.8, 4) is 6.07 Å². The number of anilines is 1. The summed E-state index contributed by atoms with van der Waals surface area (Å²) >= 11 is 0. The van der Waals surface area contributed by atoms with Gasteiger partial charge < -0.3 is 10.2 Å². The van der Waals surface area contributed by atoms with Crippen molar-refractivity contribution in [2.24, 2.45) is 0 Å². The van der Waals surface area contributed by atoms with Crippen molar-refractivity contribution in [3.05, 3.63) is 24.0 Å². The Morgan fingerprint density at radius 1 is 1.44 bits per heavy atom. The number of nitrogens with zero attached hydrogens (tertiary/aromatic N) is 3. The predicted octanol–water partition coefficient (Wildman–Crippen LogP) is 2.49. The summed E-state index contributed by atoms with van der Waals surface area (Å²) in [5, 5.41) is 12.1. The fraction of sp³-hybridized carbons (Fsp3) is 0.571. The van der Waals surface area contributed by atoms with Crippen LogP contribution in [0.15, 0.2) is 18.3 Å². The Balaban J connectivity index is 2.20. The Labute approximate surface area is 110 Å². The number of nitrogens with one attached hydrogen (secondary N) is 1. The van der Waals surface area contributed by atoms with E-state index in [2.05, 4.69) is 36.1 Å². The molecule has 0 fully saturated rings. The van der Waals surface area contributed by atoms with Crippen LogP contribution in [0.5, 0.6) is 0 Å². The number of rotatable bonds is 7. The maximum absolute atomic E-state index is 8.74. The summed E-state index contributed by atoms with van der Waals surface area (Å²) < 4.78 is 0. The molecule has 0 atom stereocenters. The van der Waals surface area contributed by atoms with Crippen molar-refractivity contribution in [2.75, 3.05) is 25.5 Å². The van der Waals surface area contributed by atoms with Gasteiger partial charge in [0.25, 0.3) is 0 Å². The number of aromatic nitrogens is 1. The zero-order valence-electron chi connectivity index (χ0n) is 11.5. The molecule has 0 unspecified atom stereocenters. The number of unbranched alkanes of at least 4 members (excludes halogenated alkanes) is 1. The average molecular weight is 246 g/mol. The van der Waals surface area contributed by atoms with Gasteiger partial charge in [-0.2, -0.15) is 5.26 Å². The summed E-state index contributed by atoms with van der Waals surface area (Å²) in [7, 11) is 2.15. The molecule has 4 nitrogen and oxygen atoms in total. The van der Waals surface area contributed by atoms with Gasteiger partial charge in [-0.1, -0.05) is 0 Å². The lowest BCUT2D eigenvalue weighted by Gasteiger charge is -2.20. The number of pyridine rings is 1. The highest BCUT2D eigenvalue weighted by molar-refractivity contribution is 5.45. The van der Waals surface area contributed by atoms with Crippen LogP contribution in [0.25, 0.3) is 0 Å². The fourth-order valence-corrected chi connectivity index (χ4v) is 1.58. The van der Waals surface area contributed by atoms with E-state index < -0.39 is 0 Å². The minimum atomic E-state index is 0.458. The lowest BCUT2D eigenvalue weighted by molar-refractivity contribution is 0.269. The first kappa shape index (κ1) is 14.5. The van der Waals surface area contributed by atoms with Gasteiger partial charge in [-0.3, -0.25) is 0 Å². The molecule has 0 radical (unpaired) electrons. The highest BCUT2D eigenvalue weighted by Gasteiger charge is 2.01. The first-order chi connectivity index (χ1) is 8.63. The van der Waals surface area contributed by atoms with E-state index in [0.29, 0.717) is 11.7 Å². The SMILES string of the molecule is CC(C)N(C)CCCCNc1ccnc(C#N)c1. The second-order valence-electron chi connectivity index (χ2n) is 4.75. The molecule has 0 aliphatic rings. The molecule has 1 rings (SSSR count). The van der Waals surface area contributed by atoms with E-state index in [9.17, 15) is 0 Å². The second kappa shape index (κ2) is 7.67. The molecular formula is C14H22N4. The molecule has 1 aromatic heterocycles. The Kier molecular flexibility index (Phi) is 6.16. The van der Waals surface area contributed by atoms with E-state index in [1.807, 2.05) is 12.1 Å². The van der Waals surface area contributed by atoms with Crippen molar-refractivity contribution in [1.82, 2.24) is 9.88 Å². The molecule has 0 aliphatic heterocycles. The molecule has 98 valence electrons. The third kappa shape index (κ3) is 5.15. The lowest BCUT2D eigenvalue weighted by atomic mass is 10.2. The van der Waals surface area contributed by atoms with Crippen LogP contribution in [0, 0.1) is 11.3 Å². The lowest BCUT2D eigenvalue weighted by Crippen LogP contribution is -2.27. The standard InChI is InChI=1S/C14H22N4/c1-12(2)18(3)9-5-4-7-16-13-6-8-17-14(10-13)11-15/h6,8,10,12H,4-5,7,9H2,1-3H3,(H,16,17). The molecule has 0 saturated carbocycles. The number of nitriles is 1. The van der Waals surface area contributed by atoms with Gasteiger partial charge in [0, 0.05) is 24.5 Å². The molecule has 0 bridgehead atoms. The molecular weight excluding hydrogens is 224 g/mol. The molecule has 1 aromatic rings. The first-order valence-electron chi connectivity index (χ1n) is 6.43. The molecule has 0 aliphatic carbocycles. The monoisotopic (exact) mass is 246 g/mol. The molecule has 1 heterocycles. The maximum Gasteiger partial charge on any atom is 0.142 e. The van der Waals surface area contributed by atoms with Crippen molar-refractivity contribution >= 4 is 5.69 Å². The largest absolute Gasteiger partial charge is 0.385 e. The smallest absolute Gasteiger partial charge is 0.142 e. The highest BCUT2D eigenvalue weighted by atomic mass is 15.1. The maximum atomic E-state index is 8.74. The average Bonchev–Trinajstić information content (AvgIpc) is 2.38. The van der Waals surface area contributed by atoms with Crippen LogP contribution in [-0.2, 0) is 0 Å². The van der Waals surface area contributed by atoms with Crippen LogP contribution < -0.4 is 5.32 Å². The van der Waals surface area contributed by atoms with Gasteiger partial charge in [0.15, 0.2) is 0 Å². The summed E-state index contributed by atoms with van der Waals surface area (Å²) in [6.07, 6.45) is 3.96. The predicted molar refractivity (Wildman–Crippen MR) is 74.4 cm³/mol. The van der Waals surface area contributed by atoms with Crippen molar-refractivity contribution in [1.29, 1.82) is 5.26 Å². The highest BCUT2D eigenvalue weighted by Crippen LogP contribution is 2.07. The molecule has 0 aromatic carbocycles. The summed E-state index contributed by atoms with van der Waals surface area (Å²) in [6.45, 7) is 6.47. The van der Waals surface area contributed by atoms with Gasteiger partial charge in [-0.05, 0) is 52.4 Å². The van der Waals surface area contributed by atoms with Gasteiger partial charge in [0.2, 0.25) is 0 Å². The van der Waals surface area contributed by atoms with Gasteiger partial charge in [0.1, 0.15) is 11.8 Å². The fourth-order valence-electron chi connectivity index (χ4n) is 1.58. The van der Waals surface area contributed by atoms with E-state index >= 15 is 0 Å². The summed E-state index contributed by atoms with van der Waals surface area (Å²) in [4.78, 5) is 6.28. The second-order valence-corrected chi connectivity index (χ2v) is 4.75. The van der Waals surface area contributed by atoms with Crippen molar-refractivity contribution < 1.29 is 0 Å². The molecule has 0 amide bonds. The Hall–Kier alpha value is -1.60. The van der Waals surface area contributed by atoms with Crippen LogP contribution in [0.2, 0.25) is 0 Å². The van der Waals surface area contributed by atoms with E-state index in [1.165, 1.54) is 6.42 Å². The van der Waals surface area contributed by atoms with Crippen LogP contribution in [0.3, 0.4) is 0 Å². The van der Waals surface area contributed by atoms with Gasteiger partial charge in [-0.25, -0.2) is 4.98 Å². The summed E-state index contributed by atoms with van der Waals surface area (Å²) in [5.41, 5.74) is 1.43. The first-order valence-corrected chi connectivity index (χ1v) is 6.43. The minimum absolute atomic E-state index is 0.458. The van der Waals surface area contributed by atoms with Gasteiger partial charge in [0.05, 0.1) is 0 Å². The number of hydrogen-bond donors (Lipinski definition) is 1. The van der Waals surface area contributed by atoms with Crippen LogP contribution in [0.1, 0.15) is 32.4 Å². The molecule has 0 saturated heterocycles. The zero-order valence-corrected chi connectivity index (χ0v) is 11.5. The van der Waals surface area contributed by atoms with Crippen LogP contribution in [0.4, 0.5) is 5.69 Å². The third-order valence-corrected chi connectivity index (χ3v) is 3.02. The normalized spacial score (nSPS) is 10.7. The van der Waals surface area contributed by atoms with Crippen LogP contribution >= 0.6 is 0 Å². The van der Waals surface area contributed by atoms with Crippen molar-refractivity contribution in [3.63, 3.8) is 0 Å². The molecule has 1 N–H and O–H groups in total.